The van der Waals surface area contributed by atoms with Gasteiger partial charge in [-0.25, -0.2) is 4.98 Å². The Kier molecular flexibility index (Phi) is 2.62. The zero-order valence-electron chi connectivity index (χ0n) is 8.92. The topological polar surface area (TPSA) is 80.6 Å². The number of aryl methyl sites for hydroxylation is 1. The van der Waals surface area contributed by atoms with Crippen molar-refractivity contribution in [3.8, 4) is 0 Å². The van der Waals surface area contributed by atoms with Gasteiger partial charge in [0.25, 0.3) is 0 Å². The van der Waals surface area contributed by atoms with Crippen LogP contribution in [0.5, 0.6) is 0 Å². The summed E-state index contributed by atoms with van der Waals surface area (Å²) in [5.41, 5.74) is 8.39. The van der Waals surface area contributed by atoms with E-state index in [0.717, 1.165) is 11.1 Å². The second-order valence-electron chi connectivity index (χ2n) is 3.83. The molecule has 5 nitrogen and oxygen atoms in total. The predicted molar refractivity (Wildman–Crippen MR) is 59.1 cm³/mol. The summed E-state index contributed by atoms with van der Waals surface area (Å²) in [5, 5.41) is 8.68. The fourth-order valence-electron chi connectivity index (χ4n) is 1.70. The van der Waals surface area contributed by atoms with Crippen molar-refractivity contribution in [3.05, 3.63) is 35.9 Å². The lowest BCUT2D eigenvalue weighted by Gasteiger charge is -2.06. The van der Waals surface area contributed by atoms with Crippen LogP contribution in [-0.4, -0.2) is 20.5 Å². The summed E-state index contributed by atoms with van der Waals surface area (Å²) in [5.74, 6) is -0.916. The molecule has 3 N–H and O–H groups in total. The highest BCUT2D eigenvalue weighted by Crippen LogP contribution is 2.18. The van der Waals surface area contributed by atoms with Crippen LogP contribution < -0.4 is 5.73 Å². The van der Waals surface area contributed by atoms with Crippen LogP contribution in [0.25, 0.3) is 5.52 Å². The fraction of sp³-hybridized carbons (Fsp3) is 0.273. The van der Waals surface area contributed by atoms with E-state index in [1.54, 1.807) is 6.33 Å². The van der Waals surface area contributed by atoms with Gasteiger partial charge in [0.15, 0.2) is 0 Å². The Morgan fingerprint density at radius 2 is 2.38 bits per heavy atom. The normalized spacial score (nSPS) is 12.9. The van der Waals surface area contributed by atoms with Crippen LogP contribution in [0.2, 0.25) is 0 Å². The summed E-state index contributed by atoms with van der Waals surface area (Å²) in [4.78, 5) is 14.7. The average molecular weight is 219 g/mol. The first-order chi connectivity index (χ1) is 7.58. The molecular formula is C11H13N3O2. The van der Waals surface area contributed by atoms with Crippen LogP contribution in [-0.2, 0) is 4.79 Å². The zero-order chi connectivity index (χ0) is 11.7. The Bertz CT molecular complexity index is 533. The van der Waals surface area contributed by atoms with Gasteiger partial charge in [-0.05, 0) is 18.6 Å². The molecule has 0 aliphatic heterocycles. The second kappa shape index (κ2) is 3.94. The minimum Gasteiger partial charge on any atom is -0.481 e. The van der Waals surface area contributed by atoms with Crippen LogP contribution in [0.15, 0.2) is 24.7 Å². The van der Waals surface area contributed by atoms with E-state index in [-0.39, 0.29) is 6.42 Å². The molecule has 0 spiro atoms. The number of nitrogens with zero attached hydrogens (tertiary/aromatic N) is 2. The summed E-state index contributed by atoms with van der Waals surface area (Å²) >= 11 is 0. The number of carbonyl (C=O) groups is 1. The van der Waals surface area contributed by atoms with Crippen molar-refractivity contribution >= 4 is 11.5 Å². The standard InChI is InChI=1S/C11H13N3O2/c1-7-2-3-9-11(8(12)4-10(15)16)13-6-14(9)5-7/h2-3,5-6,8H,4,12H2,1H3,(H,15,16). The van der Waals surface area contributed by atoms with E-state index >= 15 is 0 Å². The van der Waals surface area contributed by atoms with Gasteiger partial charge in [0.2, 0.25) is 0 Å². The van der Waals surface area contributed by atoms with Crippen LogP contribution in [0, 0.1) is 6.92 Å². The Balaban J connectivity index is 2.41. The number of nitrogens with two attached hydrogens (primary N) is 1. The third kappa shape index (κ3) is 1.90. The first kappa shape index (κ1) is 10.6. The molecule has 84 valence electrons. The molecule has 5 heteroatoms. The third-order valence-electron chi connectivity index (χ3n) is 2.45. The Labute approximate surface area is 92.5 Å². The van der Waals surface area contributed by atoms with Crippen LogP contribution >= 0.6 is 0 Å². The molecule has 2 rings (SSSR count). The lowest BCUT2D eigenvalue weighted by molar-refractivity contribution is -0.137. The molecule has 1 unspecified atom stereocenters. The van der Waals surface area contributed by atoms with Crippen molar-refractivity contribution in [1.29, 1.82) is 0 Å². The van der Waals surface area contributed by atoms with Gasteiger partial charge < -0.3 is 15.2 Å². The number of aliphatic carboxylic acids is 1. The molecule has 0 radical (unpaired) electrons. The first-order valence-corrected chi connectivity index (χ1v) is 4.98. The summed E-state index contributed by atoms with van der Waals surface area (Å²) in [7, 11) is 0. The molecule has 0 aromatic carbocycles. The Hall–Kier alpha value is -1.88. The molecule has 0 aliphatic carbocycles. The molecule has 2 aromatic heterocycles. The minimum absolute atomic E-state index is 0.111. The molecule has 2 aromatic rings. The minimum atomic E-state index is -0.916. The maximum atomic E-state index is 10.6. The summed E-state index contributed by atoms with van der Waals surface area (Å²) in [6.45, 7) is 1.98. The molecule has 0 saturated heterocycles. The van der Waals surface area contributed by atoms with Crippen molar-refractivity contribution in [3.63, 3.8) is 0 Å². The molecule has 2 heterocycles. The average Bonchev–Trinajstić information content (AvgIpc) is 2.59. The van der Waals surface area contributed by atoms with Gasteiger partial charge in [0.05, 0.1) is 30.0 Å². The van der Waals surface area contributed by atoms with Crippen molar-refractivity contribution in [2.24, 2.45) is 5.73 Å². The van der Waals surface area contributed by atoms with Gasteiger partial charge in [0.1, 0.15) is 0 Å². The van der Waals surface area contributed by atoms with Gasteiger partial charge in [-0.15, -0.1) is 0 Å². The van der Waals surface area contributed by atoms with Gasteiger partial charge in [-0.2, -0.15) is 0 Å². The lowest BCUT2D eigenvalue weighted by Crippen LogP contribution is -2.15. The van der Waals surface area contributed by atoms with Gasteiger partial charge in [0, 0.05) is 6.20 Å². The highest BCUT2D eigenvalue weighted by atomic mass is 16.4. The molecule has 16 heavy (non-hydrogen) atoms. The quantitative estimate of drug-likeness (QED) is 0.810. The highest BCUT2D eigenvalue weighted by Gasteiger charge is 2.15. The number of carboxylic acids is 1. The maximum Gasteiger partial charge on any atom is 0.305 e. The number of pyridine rings is 1. The number of hydrogen-bond acceptors (Lipinski definition) is 3. The van der Waals surface area contributed by atoms with Crippen molar-refractivity contribution < 1.29 is 9.90 Å². The number of rotatable bonds is 3. The van der Waals surface area contributed by atoms with Crippen molar-refractivity contribution in [1.82, 2.24) is 9.38 Å². The van der Waals surface area contributed by atoms with E-state index in [9.17, 15) is 4.79 Å². The molecule has 0 saturated carbocycles. The molecule has 0 fully saturated rings. The van der Waals surface area contributed by atoms with Crippen LogP contribution in [0.4, 0.5) is 0 Å². The third-order valence-corrected chi connectivity index (χ3v) is 2.45. The van der Waals surface area contributed by atoms with Gasteiger partial charge >= 0.3 is 5.97 Å². The Morgan fingerprint density at radius 1 is 1.62 bits per heavy atom. The molecule has 0 aliphatic rings. The largest absolute Gasteiger partial charge is 0.481 e. The Morgan fingerprint density at radius 3 is 3.06 bits per heavy atom. The number of fused-ring (bicyclic) bond motifs is 1. The molecular weight excluding hydrogens is 206 g/mol. The van der Waals surface area contributed by atoms with Crippen LogP contribution in [0.3, 0.4) is 0 Å². The molecule has 1 atom stereocenters. The van der Waals surface area contributed by atoms with E-state index in [2.05, 4.69) is 4.98 Å². The maximum absolute atomic E-state index is 10.6. The summed E-state index contributed by atoms with van der Waals surface area (Å²) in [6, 6.07) is 3.29. The van der Waals surface area contributed by atoms with Crippen molar-refractivity contribution in [2.75, 3.05) is 0 Å². The first-order valence-electron chi connectivity index (χ1n) is 4.98. The fourth-order valence-corrected chi connectivity index (χ4v) is 1.70. The van der Waals surface area contributed by atoms with E-state index in [1.807, 2.05) is 29.7 Å². The van der Waals surface area contributed by atoms with Crippen molar-refractivity contribution in [2.45, 2.75) is 19.4 Å². The van der Waals surface area contributed by atoms with E-state index in [4.69, 9.17) is 10.8 Å². The molecule has 0 bridgehead atoms. The molecule has 0 amide bonds. The van der Waals surface area contributed by atoms with Crippen LogP contribution in [0.1, 0.15) is 23.7 Å². The van der Waals surface area contributed by atoms with E-state index in [0.29, 0.717) is 5.69 Å². The van der Waals surface area contributed by atoms with Gasteiger partial charge in [-0.1, -0.05) is 6.07 Å². The van der Waals surface area contributed by atoms with Gasteiger partial charge in [-0.3, -0.25) is 4.79 Å². The predicted octanol–water partition coefficient (Wildman–Crippen LogP) is 1.12. The highest BCUT2D eigenvalue weighted by molar-refractivity contribution is 5.68. The second-order valence-corrected chi connectivity index (χ2v) is 3.83. The lowest BCUT2D eigenvalue weighted by atomic mass is 10.1. The number of carboxylic acid groups (broad SMARTS) is 1. The zero-order valence-corrected chi connectivity index (χ0v) is 8.92. The SMILES string of the molecule is Cc1ccc2c(C(N)CC(=O)O)ncn2c1. The van der Waals surface area contributed by atoms with E-state index < -0.39 is 12.0 Å². The number of imidazole rings is 1. The summed E-state index contributed by atoms with van der Waals surface area (Å²) < 4.78 is 1.85. The monoisotopic (exact) mass is 219 g/mol. The number of hydrogen-bond donors (Lipinski definition) is 2. The van der Waals surface area contributed by atoms with E-state index in [1.165, 1.54) is 0 Å². The number of aromatic nitrogens is 2. The smallest absolute Gasteiger partial charge is 0.305 e. The summed E-state index contributed by atoms with van der Waals surface area (Å²) in [6.07, 6.45) is 3.47.